The maximum absolute atomic E-state index is 8.55. The molecule has 0 aliphatic rings. The van der Waals surface area contributed by atoms with Crippen LogP contribution in [0.1, 0.15) is 0 Å². The second-order valence-electron chi connectivity index (χ2n) is 0.447. The molecule has 8 heteroatoms. The predicted molar refractivity (Wildman–Crippen MR) is 7.61 cm³/mol. The van der Waals surface area contributed by atoms with E-state index in [1.54, 1.807) is 0 Å². The zero-order valence-corrected chi connectivity index (χ0v) is 13.2. The Kier molecular flexibility index (Phi) is 28.2. The first-order chi connectivity index (χ1) is 2.00. The number of hydrogen-bond acceptors (Lipinski definition) is 4. The SMILES string of the molecule is O=P([O-])([O-])[O-].[K+].[Mo].[Zn+2]. The maximum atomic E-state index is 8.55. The van der Waals surface area contributed by atoms with Crippen LogP contribution in [-0.2, 0) is 45.1 Å². The molecule has 0 fully saturated rings. The summed E-state index contributed by atoms with van der Waals surface area (Å²) in [6.07, 6.45) is 0. The van der Waals surface area contributed by atoms with Gasteiger partial charge in [-0.1, -0.05) is 0 Å². The van der Waals surface area contributed by atoms with Gasteiger partial charge < -0.3 is 19.2 Å². The normalized spacial score (nSPS) is 7.38. The number of rotatable bonds is 0. The van der Waals surface area contributed by atoms with Crippen LogP contribution >= 0.6 is 7.82 Å². The van der Waals surface area contributed by atoms with Crippen LogP contribution in [0.4, 0.5) is 0 Å². The van der Waals surface area contributed by atoms with Crippen molar-refractivity contribution in [3.05, 3.63) is 0 Å². The second-order valence-corrected chi connectivity index (χ2v) is 1.34. The van der Waals surface area contributed by atoms with E-state index in [4.69, 9.17) is 19.2 Å². The third-order valence-electron chi connectivity index (χ3n) is 0. The van der Waals surface area contributed by atoms with Crippen LogP contribution in [0.25, 0.3) is 0 Å². The van der Waals surface area contributed by atoms with Gasteiger partial charge >= 0.3 is 70.9 Å². The van der Waals surface area contributed by atoms with Gasteiger partial charge in [-0.05, 0) is 0 Å². The monoisotopic (exact) mass is 296 g/mol. The van der Waals surface area contributed by atoms with E-state index in [1.807, 2.05) is 0 Å². The first-order valence-electron chi connectivity index (χ1n) is 0.730. The minimum Gasteiger partial charge on any atom is -0.822 e. The van der Waals surface area contributed by atoms with Crippen molar-refractivity contribution in [2.75, 3.05) is 0 Å². The Bertz CT molecular complexity index is 62.2. The Morgan fingerprint density at radius 2 is 1.12 bits per heavy atom. The Morgan fingerprint density at radius 3 is 1.12 bits per heavy atom. The van der Waals surface area contributed by atoms with Crippen LogP contribution in [0.15, 0.2) is 0 Å². The molecule has 4 nitrogen and oxygen atoms in total. The Morgan fingerprint density at radius 1 is 1.12 bits per heavy atom. The molecule has 0 N–H and O–H groups in total. The molecule has 0 spiro atoms. The standard InChI is InChI=1S/K.Mo.H3O4P.Zn/c;;1-5(2,3)4;/h;;(H3,1,2,3,4);/q+1;;;+2/p-3. The molecular weight excluding hydrogens is 295 g/mol. The van der Waals surface area contributed by atoms with Gasteiger partial charge in [-0.2, -0.15) is 7.82 Å². The van der Waals surface area contributed by atoms with E-state index >= 15 is 0 Å². The largest absolute Gasteiger partial charge is 2.00 e. The fraction of sp³-hybridized carbons (Fsp3) is 0. The average molecular weight is 295 g/mol. The molecule has 8 heavy (non-hydrogen) atoms. The van der Waals surface area contributed by atoms with Crippen molar-refractivity contribution in [1.29, 1.82) is 0 Å². The van der Waals surface area contributed by atoms with E-state index in [-0.39, 0.29) is 91.9 Å². The molecule has 0 aromatic rings. The molecule has 0 radical (unpaired) electrons. The first-order valence-corrected chi connectivity index (χ1v) is 2.19. The van der Waals surface area contributed by atoms with Crippen molar-refractivity contribution in [1.82, 2.24) is 0 Å². The first kappa shape index (κ1) is 22.5. The van der Waals surface area contributed by atoms with E-state index < -0.39 is 7.82 Å². The van der Waals surface area contributed by atoms with Gasteiger partial charge in [-0.25, -0.2) is 0 Å². The van der Waals surface area contributed by atoms with Gasteiger partial charge in [-0.3, -0.25) is 0 Å². The Balaban J connectivity index is -0.0000000267. The Hall–Kier alpha value is 3.06. The van der Waals surface area contributed by atoms with E-state index in [9.17, 15) is 0 Å². The van der Waals surface area contributed by atoms with E-state index in [0.717, 1.165) is 0 Å². The van der Waals surface area contributed by atoms with E-state index in [1.165, 1.54) is 0 Å². The summed E-state index contributed by atoms with van der Waals surface area (Å²) in [4.78, 5) is 25.6. The van der Waals surface area contributed by atoms with E-state index in [2.05, 4.69) is 0 Å². The molecule has 0 amide bonds. The fourth-order valence-corrected chi connectivity index (χ4v) is 0. The van der Waals surface area contributed by atoms with Gasteiger partial charge in [0.15, 0.2) is 0 Å². The molecular formula is KMoO4PZn. The molecule has 0 bridgehead atoms. The molecule has 0 aliphatic heterocycles. The zero-order valence-electron chi connectivity index (χ0n) is 4.20. The van der Waals surface area contributed by atoms with Gasteiger partial charge in [0.2, 0.25) is 0 Å². The maximum Gasteiger partial charge on any atom is 2.00 e. The van der Waals surface area contributed by atoms with Crippen LogP contribution in [0, 0.1) is 0 Å². The summed E-state index contributed by atoms with van der Waals surface area (Å²) in [5.74, 6) is 0. The van der Waals surface area contributed by atoms with Crippen LogP contribution in [0.2, 0.25) is 0 Å². The molecule has 0 saturated heterocycles. The minimum atomic E-state index is -5.39. The van der Waals surface area contributed by atoms with Gasteiger partial charge in [0, 0.05) is 21.1 Å². The molecule has 0 heterocycles. The summed E-state index contributed by atoms with van der Waals surface area (Å²) in [6, 6.07) is 0. The smallest absolute Gasteiger partial charge is 0.822 e. The van der Waals surface area contributed by atoms with Crippen LogP contribution in [0.3, 0.4) is 0 Å². The van der Waals surface area contributed by atoms with Crippen molar-refractivity contribution in [3.8, 4) is 0 Å². The molecule has 0 aromatic carbocycles. The zero-order chi connectivity index (χ0) is 4.50. The summed E-state index contributed by atoms with van der Waals surface area (Å²) in [7, 11) is -5.39. The van der Waals surface area contributed by atoms with Crippen LogP contribution in [0.5, 0.6) is 0 Å². The van der Waals surface area contributed by atoms with Gasteiger partial charge in [0.25, 0.3) is 0 Å². The van der Waals surface area contributed by atoms with Crippen LogP contribution < -0.4 is 66.1 Å². The van der Waals surface area contributed by atoms with Crippen LogP contribution in [-0.4, -0.2) is 0 Å². The fourth-order valence-electron chi connectivity index (χ4n) is 0. The van der Waals surface area contributed by atoms with Gasteiger partial charge in [0.1, 0.15) is 0 Å². The molecule has 0 unspecified atom stereocenters. The summed E-state index contributed by atoms with van der Waals surface area (Å²) >= 11 is 0. The summed E-state index contributed by atoms with van der Waals surface area (Å²) < 4.78 is 8.55. The number of hydrogen-bond donors (Lipinski definition) is 0. The molecule has 0 aliphatic carbocycles. The topological polar surface area (TPSA) is 86.2 Å². The summed E-state index contributed by atoms with van der Waals surface area (Å²) in [5, 5.41) is 0. The Labute approximate surface area is 117 Å². The molecule has 38 valence electrons. The summed E-state index contributed by atoms with van der Waals surface area (Å²) in [6.45, 7) is 0. The van der Waals surface area contributed by atoms with Crippen molar-refractivity contribution in [2.24, 2.45) is 0 Å². The molecule has 0 atom stereocenters. The van der Waals surface area contributed by atoms with Gasteiger partial charge in [-0.15, -0.1) is 0 Å². The average Bonchev–Trinajstić information content (AvgIpc) is 0.722. The minimum absolute atomic E-state index is 0. The predicted octanol–water partition coefficient (Wildman–Crippen LogP) is -5.83. The van der Waals surface area contributed by atoms with Crippen molar-refractivity contribution >= 4 is 7.82 Å². The third-order valence-corrected chi connectivity index (χ3v) is 0. The quantitative estimate of drug-likeness (QED) is 0.329. The van der Waals surface area contributed by atoms with Crippen molar-refractivity contribution in [3.63, 3.8) is 0 Å². The van der Waals surface area contributed by atoms with E-state index in [0.29, 0.717) is 0 Å². The summed E-state index contributed by atoms with van der Waals surface area (Å²) in [5.41, 5.74) is 0. The third kappa shape index (κ3) is 62.9. The van der Waals surface area contributed by atoms with Gasteiger partial charge in [0.05, 0.1) is 0 Å². The van der Waals surface area contributed by atoms with Crippen molar-refractivity contribution in [2.45, 2.75) is 0 Å². The second kappa shape index (κ2) is 10.1. The molecule has 0 aromatic heterocycles. The molecule has 0 saturated carbocycles. The van der Waals surface area contributed by atoms with Crippen molar-refractivity contribution < 1.29 is 111 Å². The number of phosphoric acid groups is 1. The molecule has 0 rings (SSSR count).